The second kappa shape index (κ2) is 16.2. The van der Waals surface area contributed by atoms with Crippen LogP contribution in [0.4, 0.5) is 4.79 Å². The lowest BCUT2D eigenvalue weighted by Crippen LogP contribution is -2.54. The number of carbonyl (C=O) groups is 3. The summed E-state index contributed by atoms with van der Waals surface area (Å²) in [5.74, 6) is -0.500. The Morgan fingerprint density at radius 1 is 0.952 bits per heavy atom. The molecule has 0 bridgehead atoms. The molecule has 0 aliphatic carbocycles. The Bertz CT molecular complexity index is 1170. The number of phenolic OH excluding ortho intramolecular Hbond substituents is 1. The summed E-state index contributed by atoms with van der Waals surface area (Å²) in [7, 11) is 0. The maximum atomic E-state index is 14.6. The van der Waals surface area contributed by atoms with Gasteiger partial charge in [-0.2, -0.15) is 0 Å². The fourth-order valence-corrected chi connectivity index (χ4v) is 4.95. The van der Waals surface area contributed by atoms with E-state index in [2.05, 4.69) is 24.5 Å². The van der Waals surface area contributed by atoms with Crippen LogP contribution in [-0.2, 0) is 20.7 Å². The second-order valence-corrected chi connectivity index (χ2v) is 12.3. The standard InChI is InChI=1S/C34H51N3O5/c1-9-11-12-20-37(30(31(39)35-25(5)13-10-2)28-21-23(3)14-15-24(28)4)32(40)29(36-33(41)42-34(6,7)8)22-26-16-18-27(38)19-17-26/h14-19,21,25,29-30,38H,9-13,20,22H2,1-8H3,(H,35,39)(H,36,41). The minimum absolute atomic E-state index is 0.0598. The predicted molar refractivity (Wildman–Crippen MR) is 167 cm³/mol. The van der Waals surface area contributed by atoms with Gasteiger partial charge in [0.25, 0.3) is 0 Å². The lowest BCUT2D eigenvalue weighted by atomic mass is 9.95. The van der Waals surface area contributed by atoms with Gasteiger partial charge in [0.2, 0.25) is 11.8 Å². The molecule has 0 aromatic heterocycles. The Labute approximate surface area is 252 Å². The van der Waals surface area contributed by atoms with E-state index >= 15 is 0 Å². The van der Waals surface area contributed by atoms with Gasteiger partial charge in [-0.05, 0) is 83.2 Å². The first-order chi connectivity index (χ1) is 19.7. The number of nitrogens with one attached hydrogen (secondary N) is 2. The Balaban J connectivity index is 2.62. The zero-order valence-electron chi connectivity index (χ0n) is 26.8. The zero-order chi connectivity index (χ0) is 31.4. The van der Waals surface area contributed by atoms with Crippen LogP contribution in [-0.4, -0.2) is 52.1 Å². The van der Waals surface area contributed by atoms with E-state index in [-0.39, 0.29) is 30.0 Å². The summed E-state index contributed by atoms with van der Waals surface area (Å²) in [4.78, 5) is 43.2. The van der Waals surface area contributed by atoms with E-state index in [1.165, 1.54) is 0 Å². The fraction of sp³-hybridized carbons (Fsp3) is 0.559. The van der Waals surface area contributed by atoms with Crippen molar-refractivity contribution in [2.75, 3.05) is 6.54 Å². The van der Waals surface area contributed by atoms with Crippen LogP contribution in [0.3, 0.4) is 0 Å². The summed E-state index contributed by atoms with van der Waals surface area (Å²) in [6.07, 6.45) is 3.73. The first-order valence-electron chi connectivity index (χ1n) is 15.2. The normalized spacial score (nSPS) is 13.5. The quantitative estimate of drug-likeness (QED) is 0.221. The summed E-state index contributed by atoms with van der Waals surface area (Å²) in [5.41, 5.74) is 2.66. The van der Waals surface area contributed by atoms with Crippen molar-refractivity contribution >= 4 is 17.9 Å². The molecule has 8 heteroatoms. The lowest BCUT2D eigenvalue weighted by molar-refractivity contribution is -0.142. The SMILES string of the molecule is CCCCCN(C(=O)C(Cc1ccc(O)cc1)NC(=O)OC(C)(C)C)C(C(=O)NC(C)CCC)c1cc(C)ccc1C. The van der Waals surface area contributed by atoms with Gasteiger partial charge in [0.05, 0.1) is 0 Å². The van der Waals surface area contributed by atoms with Crippen molar-refractivity contribution in [3.63, 3.8) is 0 Å². The van der Waals surface area contributed by atoms with Crippen molar-refractivity contribution < 1.29 is 24.2 Å². The minimum Gasteiger partial charge on any atom is -0.508 e. The van der Waals surface area contributed by atoms with Gasteiger partial charge in [0.15, 0.2) is 0 Å². The first-order valence-corrected chi connectivity index (χ1v) is 15.2. The molecule has 0 heterocycles. The number of rotatable bonds is 14. The lowest BCUT2D eigenvalue weighted by Gasteiger charge is -2.36. The van der Waals surface area contributed by atoms with Crippen molar-refractivity contribution in [3.05, 3.63) is 64.7 Å². The molecule has 232 valence electrons. The van der Waals surface area contributed by atoms with E-state index in [4.69, 9.17) is 4.74 Å². The predicted octanol–water partition coefficient (Wildman–Crippen LogP) is 6.51. The Hall–Kier alpha value is -3.55. The average Bonchev–Trinajstić information content (AvgIpc) is 2.89. The molecule has 0 fully saturated rings. The highest BCUT2D eigenvalue weighted by Crippen LogP contribution is 2.28. The zero-order valence-corrected chi connectivity index (χ0v) is 26.8. The molecule has 3 unspecified atom stereocenters. The smallest absolute Gasteiger partial charge is 0.408 e. The van der Waals surface area contributed by atoms with Crippen LogP contribution in [0.5, 0.6) is 5.75 Å². The molecule has 42 heavy (non-hydrogen) atoms. The maximum Gasteiger partial charge on any atom is 0.408 e. The summed E-state index contributed by atoms with van der Waals surface area (Å²) in [6.45, 7) is 15.7. The van der Waals surface area contributed by atoms with Gasteiger partial charge in [-0.1, -0.05) is 69.0 Å². The Morgan fingerprint density at radius 3 is 2.21 bits per heavy atom. The number of hydrogen-bond acceptors (Lipinski definition) is 5. The van der Waals surface area contributed by atoms with E-state index in [0.29, 0.717) is 13.0 Å². The number of amides is 3. The van der Waals surface area contributed by atoms with E-state index in [0.717, 1.165) is 47.9 Å². The highest BCUT2D eigenvalue weighted by atomic mass is 16.6. The van der Waals surface area contributed by atoms with Crippen molar-refractivity contribution in [2.24, 2.45) is 0 Å². The van der Waals surface area contributed by atoms with E-state index in [9.17, 15) is 19.5 Å². The van der Waals surface area contributed by atoms with Crippen LogP contribution >= 0.6 is 0 Å². The summed E-state index contributed by atoms with van der Waals surface area (Å²) >= 11 is 0. The minimum atomic E-state index is -1.00. The number of ether oxygens (including phenoxy) is 1. The van der Waals surface area contributed by atoms with Crippen LogP contribution in [0.2, 0.25) is 0 Å². The van der Waals surface area contributed by atoms with Gasteiger partial charge in [0.1, 0.15) is 23.4 Å². The largest absolute Gasteiger partial charge is 0.508 e. The topological polar surface area (TPSA) is 108 Å². The number of hydrogen-bond donors (Lipinski definition) is 3. The Kier molecular flexibility index (Phi) is 13.4. The maximum absolute atomic E-state index is 14.6. The van der Waals surface area contributed by atoms with Gasteiger partial charge in [-0.25, -0.2) is 4.79 Å². The molecule has 3 amide bonds. The molecule has 3 N–H and O–H groups in total. The number of nitrogens with zero attached hydrogens (tertiary/aromatic N) is 1. The molecule has 2 aromatic rings. The second-order valence-electron chi connectivity index (χ2n) is 12.3. The molecule has 0 aliphatic heterocycles. The molecule has 0 saturated heterocycles. The van der Waals surface area contributed by atoms with Crippen molar-refractivity contribution in [1.82, 2.24) is 15.5 Å². The van der Waals surface area contributed by atoms with Gasteiger partial charge < -0.3 is 25.4 Å². The molecular weight excluding hydrogens is 530 g/mol. The average molecular weight is 582 g/mol. The number of alkyl carbamates (subject to hydrolysis) is 1. The van der Waals surface area contributed by atoms with Crippen LogP contribution in [0.1, 0.15) is 102 Å². The number of unbranched alkanes of at least 4 members (excludes halogenated alkanes) is 2. The molecule has 3 atom stereocenters. The number of carbonyl (C=O) groups excluding carboxylic acids is 3. The highest BCUT2D eigenvalue weighted by Gasteiger charge is 2.37. The molecule has 2 aromatic carbocycles. The molecule has 0 spiro atoms. The third kappa shape index (κ3) is 11.0. The monoisotopic (exact) mass is 581 g/mol. The van der Waals surface area contributed by atoms with E-state index < -0.39 is 23.8 Å². The molecule has 0 saturated carbocycles. The summed E-state index contributed by atoms with van der Waals surface area (Å²) in [6, 6.07) is 10.5. The molecule has 8 nitrogen and oxygen atoms in total. The number of benzene rings is 2. The van der Waals surface area contributed by atoms with Gasteiger partial charge in [-0.3, -0.25) is 9.59 Å². The van der Waals surface area contributed by atoms with E-state index in [1.54, 1.807) is 49.9 Å². The molecule has 0 radical (unpaired) electrons. The van der Waals surface area contributed by atoms with Crippen LogP contribution < -0.4 is 10.6 Å². The first kappa shape index (κ1) is 34.7. The van der Waals surface area contributed by atoms with Gasteiger partial charge >= 0.3 is 6.09 Å². The van der Waals surface area contributed by atoms with E-state index in [1.807, 2.05) is 39.0 Å². The molecule has 0 aliphatic rings. The number of phenols is 1. The summed E-state index contributed by atoms with van der Waals surface area (Å²) in [5, 5.41) is 15.7. The third-order valence-electron chi connectivity index (χ3n) is 7.05. The summed E-state index contributed by atoms with van der Waals surface area (Å²) < 4.78 is 5.52. The third-order valence-corrected chi connectivity index (χ3v) is 7.05. The Morgan fingerprint density at radius 2 is 1.62 bits per heavy atom. The van der Waals surface area contributed by atoms with Gasteiger partial charge in [-0.15, -0.1) is 0 Å². The van der Waals surface area contributed by atoms with Crippen molar-refractivity contribution in [1.29, 1.82) is 0 Å². The van der Waals surface area contributed by atoms with Crippen LogP contribution in [0.25, 0.3) is 0 Å². The molecular formula is C34H51N3O5. The van der Waals surface area contributed by atoms with Gasteiger partial charge in [0, 0.05) is 19.0 Å². The molecule has 2 rings (SSSR count). The van der Waals surface area contributed by atoms with Crippen LogP contribution in [0, 0.1) is 13.8 Å². The van der Waals surface area contributed by atoms with Crippen molar-refractivity contribution in [3.8, 4) is 5.75 Å². The van der Waals surface area contributed by atoms with Crippen molar-refractivity contribution in [2.45, 2.75) is 118 Å². The number of aromatic hydroxyl groups is 1. The highest BCUT2D eigenvalue weighted by molar-refractivity contribution is 5.92. The number of aryl methyl sites for hydroxylation is 2. The fourth-order valence-electron chi connectivity index (χ4n) is 4.95. The van der Waals surface area contributed by atoms with Crippen LogP contribution in [0.15, 0.2) is 42.5 Å².